The summed E-state index contributed by atoms with van der Waals surface area (Å²) in [5.74, 6) is 0. The van der Waals surface area contributed by atoms with Crippen LogP contribution in [0.5, 0.6) is 0 Å². The number of hydrogen-bond acceptors (Lipinski definition) is 2. The van der Waals surface area contributed by atoms with Gasteiger partial charge in [0.25, 0.3) is 0 Å². The zero-order valence-electron chi connectivity index (χ0n) is 25.7. The summed E-state index contributed by atoms with van der Waals surface area (Å²) in [6.45, 7) is 32.8. The second kappa shape index (κ2) is 10.9. The van der Waals surface area contributed by atoms with E-state index in [4.69, 9.17) is 9.47 Å². The van der Waals surface area contributed by atoms with Gasteiger partial charge in [-0.2, -0.15) is 0 Å². The second-order valence-electron chi connectivity index (χ2n) is 14.7. The Morgan fingerprint density at radius 2 is 0.750 bits per heavy atom. The quantitative estimate of drug-likeness (QED) is 0.288. The Balaban J connectivity index is 2.36. The molecule has 36 heavy (non-hydrogen) atoms. The lowest BCUT2D eigenvalue weighted by atomic mass is 9.75. The Morgan fingerprint density at radius 3 is 0.944 bits per heavy atom. The number of ether oxygens (including phenoxy) is 2. The molecule has 0 amide bonds. The number of benzene rings is 2. The zero-order valence-corrected chi connectivity index (χ0v) is 26.8. The maximum absolute atomic E-state index is 6.38. The van der Waals surface area contributed by atoms with Crippen LogP contribution in [-0.2, 0) is 44.3 Å². The van der Waals surface area contributed by atoms with Gasteiger partial charge in [0.05, 0.1) is 18.4 Å². The van der Waals surface area contributed by atoms with Crippen LogP contribution in [0.25, 0.3) is 0 Å². The lowest BCUT2D eigenvalue weighted by Gasteiger charge is -2.32. The minimum atomic E-state index is -0.395. The Labute approximate surface area is 231 Å². The van der Waals surface area contributed by atoms with E-state index < -0.39 is 5.15 Å². The van der Waals surface area contributed by atoms with Gasteiger partial charge >= 0.3 is 0 Å². The summed E-state index contributed by atoms with van der Waals surface area (Å²) in [6, 6.07) is 9.29. The standard InChI is InChI=1S/C33H51O2.Al/c1-22-15-26(30(3,4)5)24(27(16-22)31(6,7)8)19-34-21-35-20-25-28(32(9,10)11)17-23(2)18-29(25)33(12,13)14;/h15-18,21H,19-20H2,1-14H3;. The van der Waals surface area contributed by atoms with E-state index in [9.17, 15) is 0 Å². The van der Waals surface area contributed by atoms with Crippen molar-refractivity contribution in [3.63, 3.8) is 0 Å². The topological polar surface area (TPSA) is 18.5 Å². The summed E-state index contributed by atoms with van der Waals surface area (Å²) < 4.78 is 12.8. The van der Waals surface area contributed by atoms with Crippen molar-refractivity contribution < 1.29 is 9.47 Å². The molecule has 0 heterocycles. The van der Waals surface area contributed by atoms with Gasteiger partial charge in [-0.25, -0.2) is 0 Å². The van der Waals surface area contributed by atoms with E-state index in [1.165, 1.54) is 44.5 Å². The van der Waals surface area contributed by atoms with Crippen molar-refractivity contribution in [3.8, 4) is 0 Å². The van der Waals surface area contributed by atoms with Crippen LogP contribution in [0.15, 0.2) is 24.3 Å². The lowest BCUT2D eigenvalue weighted by molar-refractivity contribution is -0.104. The van der Waals surface area contributed by atoms with Crippen LogP contribution in [-0.4, -0.2) is 21.4 Å². The largest absolute Gasteiger partial charge is 0.366 e. The average Bonchev–Trinajstić information content (AvgIpc) is 2.68. The number of hydrogen-bond donors (Lipinski definition) is 0. The molecule has 0 aliphatic heterocycles. The fourth-order valence-electron chi connectivity index (χ4n) is 5.00. The second-order valence-corrected chi connectivity index (χ2v) is 15.2. The van der Waals surface area contributed by atoms with E-state index in [0.29, 0.717) is 13.2 Å². The molecule has 0 aliphatic rings. The third-order valence-electron chi connectivity index (χ3n) is 6.80. The molecule has 0 aliphatic carbocycles. The number of rotatable bonds is 6. The Bertz CT molecular complexity index is 898. The molecule has 2 aromatic rings. The van der Waals surface area contributed by atoms with Crippen LogP contribution in [0, 0.1) is 13.8 Å². The number of aryl methyl sites for hydroxylation is 2. The monoisotopic (exact) mass is 506 g/mol. The fourth-order valence-corrected chi connectivity index (χ4v) is 5.19. The van der Waals surface area contributed by atoms with Gasteiger partial charge in [0.15, 0.2) is 0 Å². The Morgan fingerprint density at radius 1 is 0.528 bits per heavy atom. The van der Waals surface area contributed by atoms with Gasteiger partial charge in [0.1, 0.15) is 0 Å². The van der Waals surface area contributed by atoms with Gasteiger partial charge in [-0.1, -0.05) is 118 Å². The summed E-state index contributed by atoms with van der Waals surface area (Å²) in [4.78, 5) is 0. The molecule has 2 nitrogen and oxygen atoms in total. The molecule has 0 atom stereocenters. The summed E-state index contributed by atoms with van der Waals surface area (Å²) in [7, 11) is 0. The van der Waals surface area contributed by atoms with Gasteiger partial charge in [0.2, 0.25) is 16.3 Å². The minimum absolute atomic E-state index is 0.0348. The Kier molecular flexibility index (Phi) is 9.46. The summed E-state index contributed by atoms with van der Waals surface area (Å²) in [5, 5.41) is -0.395. The van der Waals surface area contributed by atoms with Gasteiger partial charge in [-0.15, -0.1) is 0 Å². The van der Waals surface area contributed by atoms with Crippen LogP contribution < -0.4 is 0 Å². The lowest BCUT2D eigenvalue weighted by Crippen LogP contribution is -2.26. The molecule has 2 radical (unpaired) electrons. The van der Waals surface area contributed by atoms with Gasteiger partial charge in [-0.05, 0) is 68.9 Å². The highest BCUT2D eigenvalue weighted by atomic mass is 27.0. The normalized spacial score (nSPS) is 13.5. The van der Waals surface area contributed by atoms with Crippen molar-refractivity contribution in [2.75, 3.05) is 0 Å². The average molecular weight is 507 g/mol. The van der Waals surface area contributed by atoms with Crippen LogP contribution in [0.4, 0.5) is 0 Å². The van der Waals surface area contributed by atoms with Crippen molar-refractivity contribution >= 4 is 16.3 Å². The molecule has 0 saturated carbocycles. The highest BCUT2D eigenvalue weighted by Gasteiger charge is 2.28. The summed E-state index contributed by atoms with van der Waals surface area (Å²) >= 11 is 2.76. The first-order chi connectivity index (χ1) is 16.1. The van der Waals surface area contributed by atoms with Gasteiger partial charge in [0, 0.05) is 0 Å². The SMILES string of the molecule is Cc1cc(C(C)(C)C)c(CO[CH]([Al])OCc2c(C(C)(C)C)cc(C)cc2C(C)(C)C)c(C(C)(C)C)c1. The first kappa shape index (κ1) is 31.1. The van der Waals surface area contributed by atoms with Crippen LogP contribution >= 0.6 is 0 Å². The molecule has 3 heteroatoms. The minimum Gasteiger partial charge on any atom is -0.366 e. The van der Waals surface area contributed by atoms with E-state index in [1.54, 1.807) is 0 Å². The zero-order chi connectivity index (χ0) is 27.9. The van der Waals surface area contributed by atoms with Crippen molar-refractivity contribution in [2.24, 2.45) is 0 Å². The highest BCUT2D eigenvalue weighted by molar-refractivity contribution is 6.10. The van der Waals surface area contributed by atoms with Crippen LogP contribution in [0.3, 0.4) is 0 Å². The van der Waals surface area contributed by atoms with Crippen molar-refractivity contribution in [3.05, 3.63) is 68.8 Å². The maximum Gasteiger partial charge on any atom is 0.220 e. The molecule has 2 rings (SSSR count). The van der Waals surface area contributed by atoms with E-state index in [1.807, 2.05) is 0 Å². The van der Waals surface area contributed by atoms with Crippen LogP contribution in [0.1, 0.15) is 128 Å². The molecular weight excluding hydrogens is 455 g/mol. The molecule has 0 spiro atoms. The molecule has 2 aromatic carbocycles. The molecule has 0 aromatic heterocycles. The summed E-state index contributed by atoms with van der Waals surface area (Å²) in [5.41, 5.74) is 10.7. The maximum atomic E-state index is 6.38. The highest BCUT2D eigenvalue weighted by Crippen LogP contribution is 2.37. The van der Waals surface area contributed by atoms with Gasteiger partial charge < -0.3 is 9.47 Å². The van der Waals surface area contributed by atoms with E-state index in [0.717, 1.165) is 0 Å². The van der Waals surface area contributed by atoms with Crippen molar-refractivity contribution in [1.82, 2.24) is 0 Å². The molecule has 198 valence electrons. The molecule has 0 bridgehead atoms. The van der Waals surface area contributed by atoms with E-state index in [-0.39, 0.29) is 21.7 Å². The van der Waals surface area contributed by atoms with Crippen LogP contribution in [0.2, 0.25) is 0 Å². The van der Waals surface area contributed by atoms with Crippen molar-refractivity contribution in [1.29, 1.82) is 0 Å². The van der Waals surface area contributed by atoms with Gasteiger partial charge in [-0.3, -0.25) is 0 Å². The molecule has 0 fully saturated rings. The summed E-state index contributed by atoms with van der Waals surface area (Å²) in [6.07, 6.45) is 0. The van der Waals surface area contributed by atoms with E-state index >= 15 is 0 Å². The molecule has 0 saturated heterocycles. The molecule has 0 unspecified atom stereocenters. The van der Waals surface area contributed by atoms with Crippen molar-refractivity contribution in [2.45, 2.75) is 137 Å². The predicted octanol–water partition coefficient (Wildman–Crippen LogP) is 8.68. The first-order valence-electron chi connectivity index (χ1n) is 13.4. The Hall–Kier alpha value is -1.11. The third kappa shape index (κ3) is 7.94. The first-order valence-corrected chi connectivity index (χ1v) is 14.1. The third-order valence-corrected chi connectivity index (χ3v) is 7.19. The smallest absolute Gasteiger partial charge is 0.220 e. The fraction of sp³-hybridized carbons (Fsp3) is 0.636. The molecule has 0 N–H and O–H groups in total. The predicted molar refractivity (Wildman–Crippen MR) is 156 cm³/mol. The van der Waals surface area contributed by atoms with E-state index in [2.05, 4.69) is 137 Å². The molecular formula is C33H51AlO2.